The van der Waals surface area contributed by atoms with Crippen LogP contribution in [0.4, 0.5) is 10.7 Å². The van der Waals surface area contributed by atoms with Crippen molar-refractivity contribution >= 4 is 27.9 Å². The molecule has 1 amide bonds. The number of anilines is 1. The monoisotopic (exact) mass is 387 g/mol. The minimum absolute atomic E-state index is 0.111. The number of methoxy groups -OCH3 is 1. The van der Waals surface area contributed by atoms with E-state index in [2.05, 4.69) is 17.6 Å². The van der Waals surface area contributed by atoms with E-state index in [-0.39, 0.29) is 17.3 Å². The lowest BCUT2D eigenvalue weighted by Gasteiger charge is -2.27. The molecule has 8 heteroatoms. The molecule has 142 valence electrons. The van der Waals surface area contributed by atoms with Gasteiger partial charge < -0.3 is 15.4 Å². The summed E-state index contributed by atoms with van der Waals surface area (Å²) in [5, 5.41) is 18.5. The van der Waals surface area contributed by atoms with Gasteiger partial charge in [-0.15, -0.1) is 11.3 Å². The summed E-state index contributed by atoms with van der Waals surface area (Å²) in [7, 11) is 1.40. The molecular formula is C19H21N3O4S. The molecule has 0 bridgehead atoms. The molecule has 2 N–H and O–H groups in total. The van der Waals surface area contributed by atoms with Gasteiger partial charge in [0.2, 0.25) is 0 Å². The number of nitro benzene ring substituents is 1. The quantitative estimate of drug-likeness (QED) is 0.610. The average molecular weight is 387 g/mol. The first-order valence-corrected chi connectivity index (χ1v) is 9.87. The number of hydrogen-bond acceptors (Lipinski definition) is 6. The van der Waals surface area contributed by atoms with Gasteiger partial charge in [0.05, 0.1) is 17.6 Å². The number of fused-ring (bicyclic) bond motifs is 3. The number of carbonyl (C=O) groups excluding carboxylic acids is 1. The molecule has 2 aliphatic rings. The van der Waals surface area contributed by atoms with E-state index in [9.17, 15) is 14.9 Å². The van der Waals surface area contributed by atoms with Crippen LogP contribution in [0.5, 0.6) is 5.75 Å². The van der Waals surface area contributed by atoms with Crippen LogP contribution < -0.4 is 15.4 Å². The Morgan fingerprint density at radius 1 is 1.37 bits per heavy atom. The van der Waals surface area contributed by atoms with Crippen molar-refractivity contribution in [2.24, 2.45) is 5.92 Å². The van der Waals surface area contributed by atoms with Crippen LogP contribution in [0.3, 0.4) is 0 Å². The van der Waals surface area contributed by atoms with Gasteiger partial charge in [-0.25, -0.2) is 0 Å². The lowest BCUT2D eigenvalue weighted by molar-refractivity contribution is -0.385. The molecule has 2 heterocycles. The summed E-state index contributed by atoms with van der Waals surface area (Å²) in [6, 6.07) is 4.74. The maximum absolute atomic E-state index is 12.8. The standard InChI is InChI=1S/C19H21N3O4S/c1-3-10-4-6-12-15(8-10)27-19-16(12)18(23)20-17(21-19)11-5-7-14(26-2)13(9-11)22(24)25/h5,7,9-10,17,21H,3-4,6,8H2,1-2H3,(H,20,23)/t10-,17+/m0/s1. The minimum Gasteiger partial charge on any atom is -0.490 e. The zero-order valence-electron chi connectivity index (χ0n) is 15.2. The van der Waals surface area contributed by atoms with E-state index < -0.39 is 11.1 Å². The number of thiophene rings is 1. The highest BCUT2D eigenvalue weighted by Crippen LogP contribution is 2.43. The molecule has 27 heavy (non-hydrogen) atoms. The van der Waals surface area contributed by atoms with Crippen LogP contribution in [0.25, 0.3) is 0 Å². The average Bonchev–Trinajstić information content (AvgIpc) is 3.05. The van der Waals surface area contributed by atoms with Crippen molar-refractivity contribution in [1.29, 1.82) is 0 Å². The third-order valence-electron chi connectivity index (χ3n) is 5.46. The maximum atomic E-state index is 12.8. The Morgan fingerprint density at radius 2 is 2.19 bits per heavy atom. The second kappa shape index (κ2) is 6.84. The molecule has 0 unspecified atom stereocenters. The number of hydrogen-bond donors (Lipinski definition) is 2. The van der Waals surface area contributed by atoms with Crippen LogP contribution in [0, 0.1) is 16.0 Å². The largest absolute Gasteiger partial charge is 0.490 e. The Hall–Kier alpha value is -2.61. The normalized spacial score (nSPS) is 20.9. The minimum atomic E-state index is -0.503. The van der Waals surface area contributed by atoms with Crippen LogP contribution in [-0.4, -0.2) is 17.9 Å². The smallest absolute Gasteiger partial charge is 0.311 e. The molecule has 1 aliphatic carbocycles. The molecule has 2 atom stereocenters. The second-order valence-electron chi connectivity index (χ2n) is 6.96. The summed E-state index contributed by atoms with van der Waals surface area (Å²) < 4.78 is 5.05. The zero-order chi connectivity index (χ0) is 19.1. The van der Waals surface area contributed by atoms with Crippen LogP contribution in [0.1, 0.15) is 52.3 Å². The number of ether oxygens (including phenoxy) is 1. The van der Waals surface area contributed by atoms with E-state index in [1.54, 1.807) is 23.5 Å². The Balaban J connectivity index is 1.67. The van der Waals surface area contributed by atoms with Crippen molar-refractivity contribution in [3.05, 3.63) is 49.9 Å². The van der Waals surface area contributed by atoms with Gasteiger partial charge in [0, 0.05) is 16.5 Å². The fraction of sp³-hybridized carbons (Fsp3) is 0.421. The first kappa shape index (κ1) is 17.8. The van der Waals surface area contributed by atoms with E-state index in [1.165, 1.54) is 23.6 Å². The van der Waals surface area contributed by atoms with Gasteiger partial charge in [0.15, 0.2) is 5.75 Å². The van der Waals surface area contributed by atoms with Gasteiger partial charge in [0.1, 0.15) is 11.2 Å². The number of carbonyl (C=O) groups is 1. The third-order valence-corrected chi connectivity index (χ3v) is 6.64. The van der Waals surface area contributed by atoms with Crippen LogP contribution in [0.2, 0.25) is 0 Å². The van der Waals surface area contributed by atoms with Crippen LogP contribution in [0.15, 0.2) is 18.2 Å². The van der Waals surface area contributed by atoms with Gasteiger partial charge in [-0.1, -0.05) is 19.4 Å². The highest BCUT2D eigenvalue weighted by Gasteiger charge is 2.34. The number of nitrogens with zero attached hydrogens (tertiary/aromatic N) is 1. The summed E-state index contributed by atoms with van der Waals surface area (Å²) in [5.41, 5.74) is 2.43. The fourth-order valence-electron chi connectivity index (χ4n) is 3.91. The molecule has 7 nitrogen and oxygen atoms in total. The van der Waals surface area contributed by atoms with Gasteiger partial charge in [0.25, 0.3) is 5.91 Å². The number of amides is 1. The van der Waals surface area contributed by atoms with Gasteiger partial charge >= 0.3 is 5.69 Å². The Labute approximate surface area is 160 Å². The lowest BCUT2D eigenvalue weighted by atomic mass is 9.85. The Morgan fingerprint density at radius 3 is 2.89 bits per heavy atom. The fourth-order valence-corrected chi connectivity index (χ4v) is 5.30. The van der Waals surface area contributed by atoms with E-state index in [0.29, 0.717) is 11.5 Å². The molecule has 1 aromatic heterocycles. The molecule has 0 fully saturated rings. The van der Waals surface area contributed by atoms with E-state index in [1.807, 2.05) is 0 Å². The van der Waals surface area contributed by atoms with E-state index >= 15 is 0 Å². The van der Waals surface area contributed by atoms with E-state index in [4.69, 9.17) is 4.74 Å². The lowest BCUT2D eigenvalue weighted by Crippen LogP contribution is -2.38. The first-order valence-electron chi connectivity index (χ1n) is 9.06. The summed E-state index contributed by atoms with van der Waals surface area (Å²) >= 11 is 1.65. The number of nitro groups is 1. The van der Waals surface area contributed by atoms with Crippen molar-refractivity contribution in [2.45, 2.75) is 38.8 Å². The molecular weight excluding hydrogens is 366 g/mol. The molecule has 4 rings (SSSR count). The van der Waals surface area contributed by atoms with Crippen molar-refractivity contribution in [3.63, 3.8) is 0 Å². The molecule has 0 radical (unpaired) electrons. The van der Waals surface area contributed by atoms with Crippen molar-refractivity contribution in [2.75, 3.05) is 12.4 Å². The van der Waals surface area contributed by atoms with Crippen LogP contribution in [-0.2, 0) is 12.8 Å². The Bertz CT molecular complexity index is 924. The highest BCUT2D eigenvalue weighted by atomic mass is 32.1. The molecule has 0 saturated carbocycles. The summed E-state index contributed by atoms with van der Waals surface area (Å²) in [6.45, 7) is 2.21. The van der Waals surface area contributed by atoms with Gasteiger partial charge in [-0.3, -0.25) is 14.9 Å². The summed E-state index contributed by atoms with van der Waals surface area (Å²) in [4.78, 5) is 24.9. The first-order chi connectivity index (χ1) is 13.0. The van der Waals surface area contributed by atoms with Crippen molar-refractivity contribution in [3.8, 4) is 5.75 Å². The van der Waals surface area contributed by atoms with Crippen molar-refractivity contribution < 1.29 is 14.5 Å². The molecule has 0 spiro atoms. The van der Waals surface area contributed by atoms with Crippen molar-refractivity contribution in [1.82, 2.24) is 5.32 Å². The third kappa shape index (κ3) is 3.03. The number of nitrogens with one attached hydrogen (secondary N) is 2. The summed E-state index contributed by atoms with van der Waals surface area (Å²) in [6.07, 6.45) is 3.73. The second-order valence-corrected chi connectivity index (χ2v) is 8.07. The molecule has 1 aliphatic heterocycles. The van der Waals surface area contributed by atoms with Gasteiger partial charge in [-0.05, 0) is 36.8 Å². The molecule has 0 saturated heterocycles. The number of rotatable bonds is 4. The zero-order valence-corrected chi connectivity index (χ0v) is 16.0. The van der Waals surface area contributed by atoms with Crippen LogP contribution >= 0.6 is 11.3 Å². The highest BCUT2D eigenvalue weighted by molar-refractivity contribution is 7.16. The van der Waals surface area contributed by atoms with Gasteiger partial charge in [-0.2, -0.15) is 0 Å². The molecule has 2 aromatic rings. The topological polar surface area (TPSA) is 93.5 Å². The van der Waals surface area contributed by atoms with E-state index in [0.717, 1.165) is 36.2 Å². The molecule has 1 aromatic carbocycles. The summed E-state index contributed by atoms with van der Waals surface area (Å²) in [5.74, 6) is 0.768. The Kier molecular flexibility index (Phi) is 4.51. The number of benzene rings is 1. The maximum Gasteiger partial charge on any atom is 0.311 e. The predicted octanol–water partition coefficient (Wildman–Crippen LogP) is 4.03. The predicted molar refractivity (Wildman–Crippen MR) is 104 cm³/mol. The SMILES string of the molecule is CC[C@H]1CCc2c(sc3c2C(=O)N[C@@H](c2ccc(OC)c([N+](=O)[O-])c2)N3)C1.